The van der Waals surface area contributed by atoms with Crippen LogP contribution in [-0.4, -0.2) is 17.3 Å². The second kappa shape index (κ2) is 9.65. The normalized spacial score (nSPS) is 10.7. The van der Waals surface area contributed by atoms with Gasteiger partial charge in [0.05, 0.1) is 11.8 Å². The van der Waals surface area contributed by atoms with E-state index in [2.05, 4.69) is 15.8 Å². The lowest BCUT2D eigenvalue weighted by Crippen LogP contribution is -2.23. The Labute approximate surface area is 185 Å². The van der Waals surface area contributed by atoms with Crippen LogP contribution >= 0.6 is 12.2 Å². The molecule has 0 bridgehead atoms. The Kier molecular flexibility index (Phi) is 6.30. The maximum absolute atomic E-state index is 12.6. The SMILES string of the molecule is O=C(Oc1ccc2ccccc2c1/C=N\NC(=S)Nc1ccccc1)c1ccccc1. The van der Waals surface area contributed by atoms with E-state index in [-0.39, 0.29) is 0 Å². The van der Waals surface area contributed by atoms with Gasteiger partial charge in [-0.1, -0.05) is 66.7 Å². The fraction of sp³-hybridized carbons (Fsp3) is 0. The number of carbonyl (C=O) groups is 1. The summed E-state index contributed by atoms with van der Waals surface area (Å²) in [5, 5.41) is 9.58. The number of fused-ring (bicyclic) bond motifs is 1. The van der Waals surface area contributed by atoms with Crippen LogP contribution in [0.3, 0.4) is 0 Å². The summed E-state index contributed by atoms with van der Waals surface area (Å²) in [5.74, 6) is -0.0141. The van der Waals surface area contributed by atoms with Crippen LogP contribution in [0.15, 0.2) is 102 Å². The number of para-hydroxylation sites is 1. The maximum Gasteiger partial charge on any atom is 0.343 e. The van der Waals surface area contributed by atoms with Gasteiger partial charge in [0.1, 0.15) is 5.75 Å². The Hall–Kier alpha value is -4.03. The third-order valence-electron chi connectivity index (χ3n) is 4.53. The second-order valence-corrected chi connectivity index (χ2v) is 7.05. The zero-order chi connectivity index (χ0) is 21.5. The summed E-state index contributed by atoms with van der Waals surface area (Å²) < 4.78 is 5.69. The Morgan fingerprint density at radius 2 is 1.52 bits per heavy atom. The van der Waals surface area contributed by atoms with Crippen molar-refractivity contribution < 1.29 is 9.53 Å². The summed E-state index contributed by atoms with van der Waals surface area (Å²) in [6.45, 7) is 0. The first kappa shape index (κ1) is 20.3. The van der Waals surface area contributed by atoms with Gasteiger partial charge in [-0.25, -0.2) is 4.79 Å². The molecule has 152 valence electrons. The maximum atomic E-state index is 12.6. The van der Waals surface area contributed by atoms with Gasteiger partial charge in [0, 0.05) is 11.3 Å². The second-order valence-electron chi connectivity index (χ2n) is 6.64. The Morgan fingerprint density at radius 1 is 0.839 bits per heavy atom. The summed E-state index contributed by atoms with van der Waals surface area (Å²) in [5.41, 5.74) is 4.82. The lowest BCUT2D eigenvalue weighted by molar-refractivity contribution is 0.0734. The van der Waals surface area contributed by atoms with E-state index in [0.29, 0.717) is 22.0 Å². The number of nitrogens with one attached hydrogen (secondary N) is 2. The molecule has 6 heteroatoms. The highest BCUT2D eigenvalue weighted by Gasteiger charge is 2.13. The molecule has 2 N–H and O–H groups in total. The molecular formula is C25H19N3O2S. The monoisotopic (exact) mass is 425 g/mol. The van der Waals surface area contributed by atoms with Crippen molar-refractivity contribution in [2.75, 3.05) is 5.32 Å². The molecule has 0 spiro atoms. The zero-order valence-electron chi connectivity index (χ0n) is 16.5. The first-order valence-electron chi connectivity index (χ1n) is 9.65. The summed E-state index contributed by atoms with van der Waals surface area (Å²) in [4.78, 5) is 12.6. The van der Waals surface area contributed by atoms with Crippen LogP contribution in [0.2, 0.25) is 0 Å². The van der Waals surface area contributed by atoms with Crippen LogP contribution in [0.25, 0.3) is 10.8 Å². The molecule has 0 atom stereocenters. The molecular weight excluding hydrogens is 406 g/mol. The van der Waals surface area contributed by atoms with Crippen molar-refractivity contribution in [1.82, 2.24) is 5.43 Å². The third kappa shape index (κ3) is 5.12. The van der Waals surface area contributed by atoms with E-state index < -0.39 is 5.97 Å². The Bertz CT molecular complexity index is 1240. The Morgan fingerprint density at radius 3 is 2.29 bits per heavy atom. The minimum Gasteiger partial charge on any atom is -0.422 e. The van der Waals surface area contributed by atoms with E-state index in [4.69, 9.17) is 17.0 Å². The fourth-order valence-corrected chi connectivity index (χ4v) is 3.24. The number of hydrogen-bond donors (Lipinski definition) is 2. The topological polar surface area (TPSA) is 62.7 Å². The molecule has 4 rings (SSSR count). The Balaban J connectivity index is 1.57. The molecule has 0 fully saturated rings. The summed E-state index contributed by atoms with van der Waals surface area (Å²) in [6.07, 6.45) is 1.61. The number of hydrazone groups is 1. The van der Waals surface area contributed by atoms with Gasteiger partial charge in [-0.3, -0.25) is 5.43 Å². The molecule has 4 aromatic carbocycles. The molecule has 0 aliphatic carbocycles. The minimum atomic E-state index is -0.431. The standard InChI is InChI=1S/C25H19N3O2S/c29-24(19-10-3-1-4-11-19)30-23-16-15-18-9-7-8-14-21(18)22(23)17-26-28-25(31)27-20-12-5-2-6-13-20/h1-17H,(H2,27,28,31)/b26-17-. The van der Waals surface area contributed by atoms with Crippen LogP contribution in [-0.2, 0) is 0 Å². The predicted molar refractivity (Wildman–Crippen MR) is 129 cm³/mol. The van der Waals surface area contributed by atoms with Crippen molar-refractivity contribution >= 4 is 46.0 Å². The van der Waals surface area contributed by atoms with E-state index in [1.54, 1.807) is 36.5 Å². The minimum absolute atomic E-state index is 0.352. The van der Waals surface area contributed by atoms with Crippen molar-refractivity contribution in [3.05, 3.63) is 108 Å². The first-order chi connectivity index (χ1) is 15.2. The molecule has 0 saturated carbocycles. The molecule has 0 heterocycles. The van der Waals surface area contributed by atoms with Crippen LogP contribution in [0, 0.1) is 0 Å². The summed E-state index contributed by atoms with van der Waals surface area (Å²) in [7, 11) is 0. The van der Waals surface area contributed by atoms with Crippen molar-refractivity contribution in [3.63, 3.8) is 0 Å². The van der Waals surface area contributed by atoms with Gasteiger partial charge < -0.3 is 10.1 Å². The quantitative estimate of drug-likeness (QED) is 0.148. The van der Waals surface area contributed by atoms with E-state index in [1.165, 1.54) is 0 Å². The summed E-state index contributed by atoms with van der Waals surface area (Å²) >= 11 is 5.29. The lowest BCUT2D eigenvalue weighted by Gasteiger charge is -2.11. The van der Waals surface area contributed by atoms with Gasteiger partial charge >= 0.3 is 5.97 Å². The highest BCUT2D eigenvalue weighted by molar-refractivity contribution is 7.80. The first-order valence-corrected chi connectivity index (χ1v) is 10.1. The van der Waals surface area contributed by atoms with Crippen molar-refractivity contribution in [2.24, 2.45) is 5.10 Å². The van der Waals surface area contributed by atoms with Crippen LogP contribution < -0.4 is 15.5 Å². The molecule has 5 nitrogen and oxygen atoms in total. The summed E-state index contributed by atoms with van der Waals surface area (Å²) in [6, 6.07) is 30.0. The number of anilines is 1. The highest BCUT2D eigenvalue weighted by atomic mass is 32.1. The van der Waals surface area contributed by atoms with E-state index >= 15 is 0 Å². The average Bonchev–Trinajstić information content (AvgIpc) is 2.81. The number of benzene rings is 4. The number of thiocarbonyl (C=S) groups is 1. The van der Waals surface area contributed by atoms with Gasteiger partial charge in [0.25, 0.3) is 0 Å². The van der Waals surface area contributed by atoms with E-state index in [1.807, 2.05) is 66.7 Å². The van der Waals surface area contributed by atoms with Gasteiger partial charge in [0.2, 0.25) is 0 Å². The number of carbonyl (C=O) groups excluding carboxylic acids is 1. The van der Waals surface area contributed by atoms with Gasteiger partial charge in [-0.15, -0.1) is 0 Å². The molecule has 0 aliphatic rings. The zero-order valence-corrected chi connectivity index (χ0v) is 17.3. The van der Waals surface area contributed by atoms with Crippen LogP contribution in [0.1, 0.15) is 15.9 Å². The molecule has 0 aliphatic heterocycles. The number of nitrogens with zero attached hydrogens (tertiary/aromatic N) is 1. The van der Waals surface area contributed by atoms with Gasteiger partial charge in [-0.2, -0.15) is 5.10 Å². The van der Waals surface area contributed by atoms with Crippen LogP contribution in [0.4, 0.5) is 5.69 Å². The molecule has 0 amide bonds. The highest BCUT2D eigenvalue weighted by Crippen LogP contribution is 2.27. The van der Waals surface area contributed by atoms with Gasteiger partial charge in [-0.05, 0) is 53.3 Å². The largest absolute Gasteiger partial charge is 0.422 e. The fourth-order valence-electron chi connectivity index (χ4n) is 3.07. The van der Waals surface area contributed by atoms with Gasteiger partial charge in [0.15, 0.2) is 5.11 Å². The molecule has 0 saturated heterocycles. The molecule has 4 aromatic rings. The third-order valence-corrected chi connectivity index (χ3v) is 4.73. The van der Waals surface area contributed by atoms with E-state index in [9.17, 15) is 4.79 Å². The van der Waals surface area contributed by atoms with Crippen molar-refractivity contribution in [3.8, 4) is 5.75 Å². The molecule has 31 heavy (non-hydrogen) atoms. The van der Waals surface area contributed by atoms with E-state index in [0.717, 1.165) is 16.5 Å². The van der Waals surface area contributed by atoms with Crippen molar-refractivity contribution in [1.29, 1.82) is 0 Å². The number of ether oxygens (including phenoxy) is 1. The predicted octanol–water partition coefficient (Wildman–Crippen LogP) is 5.38. The number of rotatable bonds is 5. The molecule has 0 aromatic heterocycles. The smallest absolute Gasteiger partial charge is 0.343 e. The number of hydrogen-bond acceptors (Lipinski definition) is 4. The molecule has 0 unspecified atom stereocenters. The lowest BCUT2D eigenvalue weighted by atomic mass is 10.0. The average molecular weight is 426 g/mol. The number of esters is 1. The molecule has 0 radical (unpaired) electrons. The van der Waals surface area contributed by atoms with Crippen LogP contribution in [0.5, 0.6) is 5.75 Å². The van der Waals surface area contributed by atoms with Crippen molar-refractivity contribution in [2.45, 2.75) is 0 Å².